The van der Waals surface area contributed by atoms with Gasteiger partial charge in [-0.15, -0.1) is 0 Å². The molecule has 0 heterocycles. The van der Waals surface area contributed by atoms with Gasteiger partial charge in [-0.1, -0.05) is 35.5 Å². The lowest BCUT2D eigenvalue weighted by Crippen LogP contribution is -1.88. The van der Waals surface area contributed by atoms with E-state index in [1.807, 2.05) is 0 Å². The fourth-order valence-electron chi connectivity index (χ4n) is 1.15. The molecule has 1 aromatic rings. The number of carbonyl (C=O) groups is 1. The second-order valence-electron chi connectivity index (χ2n) is 3.30. The summed E-state index contributed by atoms with van der Waals surface area (Å²) in [5.74, 6) is -0.891. The van der Waals surface area contributed by atoms with Crippen LogP contribution in [0.1, 0.15) is 18.9 Å². The summed E-state index contributed by atoms with van der Waals surface area (Å²) in [6.07, 6.45) is 3.89. The third-order valence-electron chi connectivity index (χ3n) is 1.95. The Hall–Kier alpha value is -0.870. The van der Waals surface area contributed by atoms with E-state index in [1.165, 1.54) is 30.8 Å². The number of hydrogen-bond donors (Lipinski definition) is 0. The third-order valence-corrected chi connectivity index (χ3v) is 3.15. The molecule has 0 radical (unpaired) electrons. The molecule has 0 bridgehead atoms. The van der Waals surface area contributed by atoms with Crippen molar-refractivity contribution in [3.63, 3.8) is 0 Å². The second-order valence-corrected chi connectivity index (χ2v) is 4.95. The van der Waals surface area contributed by atoms with Gasteiger partial charge in [0.2, 0.25) is 0 Å². The van der Waals surface area contributed by atoms with E-state index < -0.39 is 16.7 Å². The van der Waals surface area contributed by atoms with Crippen molar-refractivity contribution >= 4 is 34.6 Å². The summed E-state index contributed by atoms with van der Waals surface area (Å²) in [6.45, 7) is 1.49. The molecule has 0 fully saturated rings. The highest BCUT2D eigenvalue weighted by atomic mass is 35.5. The topological polar surface area (TPSA) is 17.1 Å². The van der Waals surface area contributed by atoms with Gasteiger partial charge in [-0.05, 0) is 18.6 Å². The molecule has 5 heteroatoms. The smallest absolute Gasteiger partial charge is 0.185 e. The van der Waals surface area contributed by atoms with Crippen LogP contribution >= 0.6 is 23.4 Å². The second kappa shape index (κ2) is 6.77. The molecule has 0 saturated heterocycles. The number of allylic oxidation sites excluding steroid dienone is 1. The predicted octanol–water partition coefficient (Wildman–Crippen LogP) is 4.30. The van der Waals surface area contributed by atoms with Crippen molar-refractivity contribution in [1.29, 1.82) is 0 Å². The van der Waals surface area contributed by atoms with Crippen molar-refractivity contribution in [2.24, 2.45) is 0 Å². The van der Waals surface area contributed by atoms with Gasteiger partial charge >= 0.3 is 0 Å². The molecular weight excluding hydrogens is 266 g/mol. The van der Waals surface area contributed by atoms with Gasteiger partial charge in [0, 0.05) is 18.2 Å². The normalized spacial score (nSPS) is 11.1. The van der Waals surface area contributed by atoms with Gasteiger partial charge in [0.25, 0.3) is 0 Å². The first-order chi connectivity index (χ1) is 8.02. The Morgan fingerprint density at radius 1 is 1.47 bits per heavy atom. The van der Waals surface area contributed by atoms with Gasteiger partial charge in [0.05, 0.1) is 0 Å². The van der Waals surface area contributed by atoms with Crippen molar-refractivity contribution in [2.45, 2.75) is 13.3 Å². The number of hydrogen-bond acceptors (Lipinski definition) is 2. The molecule has 0 aliphatic rings. The molecule has 0 amide bonds. The summed E-state index contributed by atoms with van der Waals surface area (Å²) in [7, 11) is 0. The van der Waals surface area contributed by atoms with Gasteiger partial charge in [0.15, 0.2) is 10.9 Å². The Kier molecular flexibility index (Phi) is 5.65. The molecule has 0 unspecified atom stereocenters. The molecule has 1 nitrogen and oxygen atoms in total. The van der Waals surface area contributed by atoms with Crippen LogP contribution in [-0.4, -0.2) is 10.9 Å². The lowest BCUT2D eigenvalue weighted by atomic mass is 10.2. The first-order valence-corrected chi connectivity index (χ1v) is 6.32. The quantitative estimate of drug-likeness (QED) is 0.602. The molecule has 0 atom stereocenters. The predicted molar refractivity (Wildman–Crippen MR) is 68.2 cm³/mol. The first-order valence-electron chi connectivity index (χ1n) is 4.95. The van der Waals surface area contributed by atoms with Gasteiger partial charge < -0.3 is 0 Å². The molecule has 1 rings (SSSR count). The van der Waals surface area contributed by atoms with Gasteiger partial charge in [-0.25, -0.2) is 8.78 Å². The van der Waals surface area contributed by atoms with Crippen LogP contribution < -0.4 is 0 Å². The van der Waals surface area contributed by atoms with Crippen LogP contribution in [-0.2, 0) is 4.79 Å². The van der Waals surface area contributed by atoms with Crippen LogP contribution in [0.5, 0.6) is 0 Å². The highest BCUT2D eigenvalue weighted by Crippen LogP contribution is 2.22. The summed E-state index contributed by atoms with van der Waals surface area (Å²) < 4.78 is 26.3. The lowest BCUT2D eigenvalue weighted by molar-refractivity contribution is -0.109. The van der Waals surface area contributed by atoms with Crippen molar-refractivity contribution in [3.8, 4) is 0 Å². The van der Waals surface area contributed by atoms with E-state index in [-0.39, 0.29) is 10.7 Å². The fraction of sp³-hybridized carbons (Fsp3) is 0.250. The minimum atomic E-state index is -0.770. The molecule has 1 aromatic carbocycles. The number of rotatable bonds is 4. The van der Waals surface area contributed by atoms with Crippen LogP contribution in [0.4, 0.5) is 8.78 Å². The number of thioether (sulfide) groups is 1. The maximum Gasteiger partial charge on any atom is 0.185 e. The molecule has 0 saturated carbocycles. The van der Waals surface area contributed by atoms with Crippen LogP contribution in [0.2, 0.25) is 5.02 Å². The van der Waals surface area contributed by atoms with Crippen LogP contribution in [0, 0.1) is 11.6 Å². The molecule has 0 aliphatic heterocycles. The standard InChI is InChI=1S/C12H11ClF2OS/c1-8(16)17-7-3-2-4-9-5-6-10(14)11(13)12(9)15/h2,4-6H,3,7H2,1H3. The summed E-state index contributed by atoms with van der Waals surface area (Å²) in [5, 5.41) is -0.445. The highest BCUT2D eigenvalue weighted by molar-refractivity contribution is 8.13. The maximum absolute atomic E-state index is 13.4. The number of benzene rings is 1. The van der Waals surface area contributed by atoms with Crippen LogP contribution in [0.25, 0.3) is 6.08 Å². The van der Waals surface area contributed by atoms with Gasteiger partial charge in [0.1, 0.15) is 10.8 Å². The lowest BCUT2D eigenvalue weighted by Gasteiger charge is -2.00. The fourth-order valence-corrected chi connectivity index (χ4v) is 1.86. The molecule has 92 valence electrons. The van der Waals surface area contributed by atoms with Crippen LogP contribution in [0.3, 0.4) is 0 Å². The van der Waals surface area contributed by atoms with Crippen molar-refractivity contribution in [3.05, 3.63) is 40.4 Å². The van der Waals surface area contributed by atoms with Crippen molar-refractivity contribution in [2.75, 3.05) is 5.75 Å². The summed E-state index contributed by atoms with van der Waals surface area (Å²) in [5.41, 5.74) is 0.240. The summed E-state index contributed by atoms with van der Waals surface area (Å²) in [4.78, 5) is 10.6. The van der Waals surface area contributed by atoms with Crippen molar-refractivity contribution < 1.29 is 13.6 Å². The minimum Gasteiger partial charge on any atom is -0.288 e. The molecule has 0 N–H and O–H groups in total. The average molecular weight is 277 g/mol. The summed E-state index contributed by atoms with van der Waals surface area (Å²) >= 11 is 6.64. The largest absolute Gasteiger partial charge is 0.288 e. The van der Waals surface area contributed by atoms with E-state index in [0.29, 0.717) is 12.2 Å². The maximum atomic E-state index is 13.4. The van der Waals surface area contributed by atoms with Crippen LogP contribution in [0.15, 0.2) is 18.2 Å². The van der Waals surface area contributed by atoms with E-state index in [1.54, 1.807) is 6.08 Å². The Morgan fingerprint density at radius 3 is 2.82 bits per heavy atom. The third kappa shape index (κ3) is 4.48. The summed E-state index contributed by atoms with van der Waals surface area (Å²) in [6, 6.07) is 2.45. The molecular formula is C12H11ClF2OS. The van der Waals surface area contributed by atoms with E-state index in [4.69, 9.17) is 11.6 Å². The Bertz CT molecular complexity index is 446. The number of carbonyl (C=O) groups excluding carboxylic acids is 1. The highest BCUT2D eigenvalue weighted by Gasteiger charge is 2.08. The zero-order valence-corrected chi connectivity index (χ0v) is 10.7. The van der Waals surface area contributed by atoms with E-state index in [9.17, 15) is 13.6 Å². The average Bonchev–Trinajstić information content (AvgIpc) is 2.28. The van der Waals surface area contributed by atoms with Gasteiger partial charge in [-0.2, -0.15) is 0 Å². The first kappa shape index (κ1) is 14.2. The van der Waals surface area contributed by atoms with E-state index in [2.05, 4.69) is 0 Å². The van der Waals surface area contributed by atoms with E-state index in [0.717, 1.165) is 6.07 Å². The van der Waals surface area contributed by atoms with E-state index >= 15 is 0 Å². The van der Waals surface area contributed by atoms with Gasteiger partial charge in [-0.3, -0.25) is 4.79 Å². The minimum absolute atomic E-state index is 0.0504. The zero-order valence-electron chi connectivity index (χ0n) is 9.17. The monoisotopic (exact) mass is 276 g/mol. The molecule has 0 spiro atoms. The molecule has 17 heavy (non-hydrogen) atoms. The zero-order chi connectivity index (χ0) is 12.8. The Balaban J connectivity index is 2.60. The Morgan fingerprint density at radius 2 is 2.18 bits per heavy atom. The Labute approximate surface area is 108 Å². The molecule has 0 aliphatic carbocycles. The number of halogens is 3. The van der Waals surface area contributed by atoms with Crippen molar-refractivity contribution in [1.82, 2.24) is 0 Å². The SMILES string of the molecule is CC(=O)SCCC=Cc1ccc(F)c(Cl)c1F. The molecule has 0 aromatic heterocycles.